The summed E-state index contributed by atoms with van der Waals surface area (Å²) in [6.45, 7) is -0.545. The molecule has 0 unspecified atom stereocenters. The molecule has 0 aliphatic rings. The van der Waals surface area contributed by atoms with E-state index in [1.54, 1.807) is 0 Å². The normalized spacial score (nSPS) is 9.29. The molecule has 7 heavy (non-hydrogen) atoms. The highest BCUT2D eigenvalue weighted by Crippen LogP contribution is 1.88. The van der Waals surface area contributed by atoms with Crippen LogP contribution in [0.25, 0.3) is 0 Å². The number of aromatic amines is 1. The Balaban J connectivity index is 2.76. The number of H-pyrrole nitrogens is 1. The number of nitrogens with one attached hydrogen (secondary N) is 1. The largest absolute Gasteiger partial charge is 0.336 e. The van der Waals surface area contributed by atoms with Crippen molar-refractivity contribution in [1.29, 1.82) is 0 Å². The summed E-state index contributed by atoms with van der Waals surface area (Å²) in [6.07, 6.45) is 4.66. The van der Waals surface area contributed by atoms with Crippen molar-refractivity contribution < 1.29 is 4.39 Å². The number of halogens is 1. The van der Waals surface area contributed by atoms with Crippen molar-refractivity contribution in [3.05, 3.63) is 18.2 Å². The van der Waals surface area contributed by atoms with Gasteiger partial charge in [0.2, 0.25) is 0 Å². The highest BCUT2D eigenvalue weighted by Gasteiger charge is 1.87. The predicted octanol–water partition coefficient (Wildman–Crippen LogP) is 0.480. The van der Waals surface area contributed by atoms with Crippen LogP contribution in [0, 0.1) is 12.5 Å². The van der Waals surface area contributed by atoms with Gasteiger partial charge < -0.3 is 4.98 Å². The fourth-order valence-electron chi connectivity index (χ4n) is 0.282. The summed E-state index contributed by atoms with van der Waals surface area (Å²) in [4.78, 5) is 5.77. The van der Waals surface area contributed by atoms with Crippen LogP contribution in [0.4, 0.5) is 4.39 Å². The number of rotatable bonds is 1. The first-order valence-corrected chi connectivity index (χ1v) is 1.82. The number of alkyl halides is 1. The summed E-state index contributed by atoms with van der Waals surface area (Å²) in [7, 11) is 0. The lowest BCUT2D eigenvalue weighted by Gasteiger charge is -1.75. The van der Waals surface area contributed by atoms with Crippen LogP contribution in [0.1, 0.15) is 5.69 Å². The maximum absolute atomic E-state index is 11.4. The minimum absolute atomic E-state index is 0.347. The zero-order valence-electron chi connectivity index (χ0n) is 3.53. The van der Waals surface area contributed by atoms with Gasteiger partial charge in [-0.3, -0.25) is 0 Å². The van der Waals surface area contributed by atoms with Crippen molar-refractivity contribution in [1.82, 2.24) is 9.97 Å². The molecule has 0 bridgehead atoms. The first-order chi connectivity index (χ1) is 3.43. The van der Waals surface area contributed by atoms with E-state index in [9.17, 15) is 4.39 Å². The highest BCUT2D eigenvalue weighted by atomic mass is 19.1. The minimum atomic E-state index is -0.545. The molecule has 1 N–H and O–H groups in total. The number of hydrogen-bond donors (Lipinski definition) is 1. The molecule has 3 heteroatoms. The smallest absolute Gasteiger partial charge is 0.174 e. The summed E-state index contributed by atoms with van der Waals surface area (Å²) < 4.78 is 11.4. The Morgan fingerprint density at radius 3 is 3.00 bits per heavy atom. The Bertz CT molecular complexity index is 124. The Hall–Kier alpha value is -0.860. The molecule has 0 atom stereocenters. The number of imidazole rings is 1. The van der Waals surface area contributed by atoms with Crippen molar-refractivity contribution in [2.24, 2.45) is 0 Å². The lowest BCUT2D eigenvalue weighted by Crippen LogP contribution is -1.72. The second-order valence-corrected chi connectivity index (χ2v) is 1.07. The van der Waals surface area contributed by atoms with Crippen molar-refractivity contribution in [3.63, 3.8) is 0 Å². The zero-order chi connectivity index (χ0) is 5.11. The van der Waals surface area contributed by atoms with E-state index in [0.717, 1.165) is 0 Å². The van der Waals surface area contributed by atoms with Crippen LogP contribution in [0.15, 0.2) is 0 Å². The molecule has 36 valence electrons. The van der Waals surface area contributed by atoms with E-state index in [-0.39, 0.29) is 0 Å². The van der Waals surface area contributed by atoms with Crippen LogP contribution >= 0.6 is 0 Å². The lowest BCUT2D eigenvalue weighted by atomic mass is 10.5. The molecule has 1 heterocycles. The summed E-state index contributed by atoms with van der Waals surface area (Å²) in [6, 6.07) is 0. The van der Waals surface area contributed by atoms with Crippen LogP contribution in [-0.4, -0.2) is 9.97 Å². The van der Waals surface area contributed by atoms with Gasteiger partial charge in [0.25, 0.3) is 0 Å². The van der Waals surface area contributed by atoms with Crippen LogP contribution in [0.2, 0.25) is 0 Å². The predicted molar refractivity (Wildman–Crippen MR) is 21.1 cm³/mol. The highest BCUT2D eigenvalue weighted by molar-refractivity contribution is 4.87. The second kappa shape index (κ2) is 1.73. The Kier molecular flexibility index (Phi) is 1.06. The Morgan fingerprint density at radius 2 is 2.71 bits per heavy atom. The van der Waals surface area contributed by atoms with Gasteiger partial charge in [0, 0.05) is 0 Å². The number of nitrogens with zero attached hydrogens (tertiary/aromatic N) is 1. The van der Waals surface area contributed by atoms with Crippen LogP contribution in [0.3, 0.4) is 0 Å². The third kappa shape index (κ3) is 0.765. The molecule has 0 aliphatic heterocycles. The Morgan fingerprint density at radius 1 is 1.86 bits per heavy atom. The van der Waals surface area contributed by atoms with Crippen LogP contribution < -0.4 is 0 Å². The monoisotopic (exact) mass is 98.0 g/mol. The first kappa shape index (κ1) is 4.30. The topological polar surface area (TPSA) is 28.7 Å². The van der Waals surface area contributed by atoms with E-state index in [0.29, 0.717) is 5.69 Å². The molecule has 2 radical (unpaired) electrons. The van der Waals surface area contributed by atoms with Gasteiger partial charge in [-0.05, 0) is 0 Å². The SMILES string of the molecule is FCc1[c]n[c][nH]1. The molecule has 1 rings (SSSR count). The van der Waals surface area contributed by atoms with Gasteiger partial charge in [-0.2, -0.15) is 0 Å². The van der Waals surface area contributed by atoms with Crippen molar-refractivity contribution in [2.75, 3.05) is 0 Å². The van der Waals surface area contributed by atoms with Gasteiger partial charge >= 0.3 is 0 Å². The molecule has 0 saturated heterocycles. The molecule has 1 aromatic rings. The van der Waals surface area contributed by atoms with Crippen molar-refractivity contribution in [3.8, 4) is 0 Å². The van der Waals surface area contributed by atoms with Gasteiger partial charge in [0.15, 0.2) is 6.33 Å². The summed E-state index contributed by atoms with van der Waals surface area (Å²) in [5, 5.41) is 0. The standard InChI is InChI=1S/C4H3FN2/c5-1-4-2-6-3-7-4/h1H2,(H,6,7). The lowest BCUT2D eigenvalue weighted by molar-refractivity contribution is 0.477. The quantitative estimate of drug-likeness (QED) is 0.543. The summed E-state index contributed by atoms with van der Waals surface area (Å²) in [5.41, 5.74) is 0.347. The first-order valence-electron chi connectivity index (χ1n) is 1.82. The van der Waals surface area contributed by atoms with E-state index in [2.05, 4.69) is 22.5 Å². The van der Waals surface area contributed by atoms with Crippen LogP contribution in [-0.2, 0) is 6.67 Å². The fraction of sp³-hybridized carbons (Fsp3) is 0.250. The zero-order valence-corrected chi connectivity index (χ0v) is 3.53. The molecule has 0 saturated carbocycles. The molecular formula is C4H3FN2. The van der Waals surface area contributed by atoms with E-state index >= 15 is 0 Å². The van der Waals surface area contributed by atoms with Gasteiger partial charge in [0.05, 0.1) is 5.69 Å². The molecule has 1 aromatic heterocycles. The molecular weight excluding hydrogens is 95.1 g/mol. The minimum Gasteiger partial charge on any atom is -0.336 e. The molecule has 0 aliphatic carbocycles. The van der Waals surface area contributed by atoms with E-state index in [1.165, 1.54) is 0 Å². The van der Waals surface area contributed by atoms with Crippen molar-refractivity contribution in [2.45, 2.75) is 6.67 Å². The maximum Gasteiger partial charge on any atom is 0.174 e. The summed E-state index contributed by atoms with van der Waals surface area (Å²) >= 11 is 0. The Labute approximate surface area is 40.4 Å². The second-order valence-electron chi connectivity index (χ2n) is 1.07. The third-order valence-electron chi connectivity index (χ3n) is 0.587. The molecule has 0 spiro atoms. The van der Waals surface area contributed by atoms with Gasteiger partial charge in [-0.15, -0.1) is 0 Å². The number of aromatic nitrogens is 2. The van der Waals surface area contributed by atoms with E-state index in [1.807, 2.05) is 0 Å². The molecule has 0 aromatic carbocycles. The maximum atomic E-state index is 11.4. The van der Waals surface area contributed by atoms with E-state index in [4.69, 9.17) is 0 Å². The number of hydrogen-bond acceptors (Lipinski definition) is 1. The van der Waals surface area contributed by atoms with Crippen molar-refractivity contribution >= 4 is 0 Å². The van der Waals surface area contributed by atoms with Gasteiger partial charge in [-0.25, -0.2) is 9.37 Å². The molecule has 2 nitrogen and oxygen atoms in total. The third-order valence-corrected chi connectivity index (χ3v) is 0.587. The molecule has 0 fully saturated rings. The fourth-order valence-corrected chi connectivity index (χ4v) is 0.282. The van der Waals surface area contributed by atoms with Crippen LogP contribution in [0.5, 0.6) is 0 Å². The summed E-state index contributed by atoms with van der Waals surface area (Å²) in [5.74, 6) is 0. The average molecular weight is 98.1 g/mol. The average Bonchev–Trinajstić information content (AvgIpc) is 2.14. The van der Waals surface area contributed by atoms with E-state index < -0.39 is 6.67 Å². The molecule has 0 amide bonds. The van der Waals surface area contributed by atoms with Gasteiger partial charge in [0.1, 0.15) is 12.9 Å². The van der Waals surface area contributed by atoms with Gasteiger partial charge in [-0.1, -0.05) is 0 Å².